The second-order valence-electron chi connectivity index (χ2n) is 9.42. The first-order valence-electron chi connectivity index (χ1n) is 11.2. The van der Waals surface area contributed by atoms with Gasteiger partial charge in [-0.1, -0.05) is 33.6 Å². The summed E-state index contributed by atoms with van der Waals surface area (Å²) < 4.78 is 26.2. The van der Waals surface area contributed by atoms with Crippen LogP contribution in [0.3, 0.4) is 0 Å². The van der Waals surface area contributed by atoms with Crippen LogP contribution in [0.4, 0.5) is 4.39 Å². The summed E-state index contributed by atoms with van der Waals surface area (Å²) in [6, 6.07) is 8.87. The van der Waals surface area contributed by atoms with Crippen molar-refractivity contribution in [2.45, 2.75) is 51.3 Å². The number of methoxy groups -OCH3 is 1. The van der Waals surface area contributed by atoms with E-state index in [9.17, 15) is 4.39 Å². The Morgan fingerprint density at radius 1 is 1.06 bits per heavy atom. The first-order chi connectivity index (χ1) is 15.0. The molecule has 166 valence electrons. The fourth-order valence-electron chi connectivity index (χ4n) is 6.33. The lowest BCUT2D eigenvalue weighted by atomic mass is 9.54. The average Bonchev–Trinajstić information content (AvgIpc) is 2.73. The maximum atomic E-state index is 13.4. The summed E-state index contributed by atoms with van der Waals surface area (Å²) in [7, 11) is 1.65. The first kappa shape index (κ1) is 21.5. The van der Waals surface area contributed by atoms with E-state index in [-0.39, 0.29) is 12.4 Å². The monoisotopic (exact) mass is 507 g/mol. The lowest BCUT2D eigenvalue weighted by Gasteiger charge is -2.54. The maximum Gasteiger partial charge on any atom is 0.167 e. The molecule has 0 radical (unpaired) electrons. The Bertz CT molecular complexity index is 941. The van der Waals surface area contributed by atoms with Gasteiger partial charge >= 0.3 is 0 Å². The lowest BCUT2D eigenvalue weighted by Crippen LogP contribution is -2.54. The van der Waals surface area contributed by atoms with Crippen molar-refractivity contribution in [3.8, 4) is 11.5 Å². The predicted molar refractivity (Wildman–Crippen MR) is 124 cm³/mol. The molecule has 0 unspecified atom stereocenters. The molecular weight excluding hydrogens is 481 g/mol. The second kappa shape index (κ2) is 8.92. The third-order valence-electron chi connectivity index (χ3n) is 7.52. The van der Waals surface area contributed by atoms with Gasteiger partial charge in [0, 0.05) is 28.2 Å². The smallest absolute Gasteiger partial charge is 0.167 e. The highest BCUT2D eigenvalue weighted by molar-refractivity contribution is 9.10. The third-order valence-corrected chi connectivity index (χ3v) is 8.61. The van der Waals surface area contributed by atoms with E-state index in [2.05, 4.69) is 21.2 Å². The van der Waals surface area contributed by atoms with Crippen LogP contribution in [0.5, 0.6) is 11.5 Å². The van der Waals surface area contributed by atoms with Crippen molar-refractivity contribution in [2.24, 2.45) is 23.7 Å². The molecule has 1 N–H and O–H groups in total. The SMILES string of the molecule is COc1ccc(Br)c(CNC2C3CC4CC(C3)CC2C4)c1OCc1ccc(F)cc1Cl. The maximum absolute atomic E-state index is 13.4. The molecule has 0 aromatic heterocycles. The number of hydrogen-bond acceptors (Lipinski definition) is 3. The molecule has 4 aliphatic rings. The molecule has 2 aromatic carbocycles. The van der Waals surface area contributed by atoms with E-state index in [1.165, 1.54) is 44.2 Å². The van der Waals surface area contributed by atoms with Gasteiger partial charge in [-0.15, -0.1) is 0 Å². The summed E-state index contributed by atoms with van der Waals surface area (Å²) in [4.78, 5) is 0. The van der Waals surface area contributed by atoms with Gasteiger partial charge in [-0.3, -0.25) is 0 Å². The zero-order valence-electron chi connectivity index (χ0n) is 17.7. The first-order valence-corrected chi connectivity index (χ1v) is 12.3. The van der Waals surface area contributed by atoms with Crippen LogP contribution in [-0.2, 0) is 13.2 Å². The van der Waals surface area contributed by atoms with Crippen LogP contribution in [-0.4, -0.2) is 13.2 Å². The molecule has 4 saturated carbocycles. The van der Waals surface area contributed by atoms with E-state index in [0.717, 1.165) is 45.8 Å². The Balaban J connectivity index is 1.34. The molecule has 0 heterocycles. The summed E-state index contributed by atoms with van der Waals surface area (Å²) in [5.74, 6) is 4.57. The highest BCUT2D eigenvalue weighted by atomic mass is 79.9. The van der Waals surface area contributed by atoms with Gasteiger partial charge in [-0.05, 0) is 80.0 Å². The highest BCUT2D eigenvalue weighted by Crippen LogP contribution is 2.54. The van der Waals surface area contributed by atoms with Crippen LogP contribution in [0.1, 0.15) is 43.2 Å². The lowest BCUT2D eigenvalue weighted by molar-refractivity contribution is -0.0143. The number of halogens is 3. The zero-order chi connectivity index (χ0) is 21.5. The quantitative estimate of drug-likeness (QED) is 0.449. The summed E-state index contributed by atoms with van der Waals surface area (Å²) in [5.41, 5.74) is 1.79. The van der Waals surface area contributed by atoms with Gasteiger partial charge in [0.1, 0.15) is 12.4 Å². The van der Waals surface area contributed by atoms with Gasteiger partial charge in [0.2, 0.25) is 0 Å². The molecule has 0 saturated heterocycles. The van der Waals surface area contributed by atoms with Crippen LogP contribution in [0.15, 0.2) is 34.8 Å². The molecule has 2 aromatic rings. The zero-order valence-corrected chi connectivity index (χ0v) is 20.0. The molecule has 0 spiro atoms. The normalized spacial score (nSPS) is 28.7. The molecule has 0 aliphatic heterocycles. The van der Waals surface area contributed by atoms with Gasteiger partial charge in [0.15, 0.2) is 11.5 Å². The van der Waals surface area contributed by atoms with Crippen molar-refractivity contribution in [1.29, 1.82) is 0 Å². The Morgan fingerprint density at radius 3 is 2.42 bits per heavy atom. The van der Waals surface area contributed by atoms with Gasteiger partial charge in [-0.2, -0.15) is 0 Å². The number of rotatable bonds is 7. The molecule has 4 bridgehead atoms. The van der Waals surface area contributed by atoms with Crippen LogP contribution in [0, 0.1) is 29.5 Å². The standard InChI is InChI=1S/C25H28BrClFNO2/c1-30-23-5-4-21(26)20(25(23)31-13-16-2-3-19(28)11-22(16)27)12-29-24-17-7-14-6-15(9-17)10-18(24)8-14/h2-5,11,14-15,17-18,24,29H,6-10,12-13H2,1H3. The summed E-state index contributed by atoms with van der Waals surface area (Å²) in [6.45, 7) is 0.966. The number of ether oxygens (including phenoxy) is 2. The summed E-state index contributed by atoms with van der Waals surface area (Å²) in [5, 5.41) is 4.25. The summed E-state index contributed by atoms with van der Waals surface area (Å²) >= 11 is 9.91. The van der Waals surface area contributed by atoms with Crippen LogP contribution in [0.2, 0.25) is 5.02 Å². The van der Waals surface area contributed by atoms with Crippen molar-refractivity contribution in [3.05, 3.63) is 56.8 Å². The van der Waals surface area contributed by atoms with E-state index >= 15 is 0 Å². The Hall–Kier alpha value is -1.30. The average molecular weight is 509 g/mol. The Labute approximate surface area is 196 Å². The molecule has 6 rings (SSSR count). The van der Waals surface area contributed by atoms with Gasteiger partial charge in [0.25, 0.3) is 0 Å². The summed E-state index contributed by atoms with van der Waals surface area (Å²) in [6.07, 6.45) is 7.00. The Morgan fingerprint density at radius 2 is 1.77 bits per heavy atom. The second-order valence-corrected chi connectivity index (χ2v) is 10.7. The van der Waals surface area contributed by atoms with Crippen molar-refractivity contribution < 1.29 is 13.9 Å². The number of benzene rings is 2. The van der Waals surface area contributed by atoms with Crippen LogP contribution < -0.4 is 14.8 Å². The van der Waals surface area contributed by atoms with E-state index in [0.29, 0.717) is 22.6 Å². The van der Waals surface area contributed by atoms with E-state index in [4.69, 9.17) is 21.1 Å². The van der Waals surface area contributed by atoms with Crippen molar-refractivity contribution in [1.82, 2.24) is 5.32 Å². The minimum Gasteiger partial charge on any atom is -0.493 e. The number of nitrogens with one attached hydrogen (secondary N) is 1. The van der Waals surface area contributed by atoms with E-state index in [1.807, 2.05) is 12.1 Å². The number of hydrogen-bond donors (Lipinski definition) is 1. The van der Waals surface area contributed by atoms with Crippen molar-refractivity contribution in [2.75, 3.05) is 7.11 Å². The molecule has 0 amide bonds. The Kier molecular flexibility index (Phi) is 6.19. The molecule has 0 atom stereocenters. The third kappa shape index (κ3) is 4.34. The topological polar surface area (TPSA) is 30.5 Å². The van der Waals surface area contributed by atoms with E-state index < -0.39 is 0 Å². The molecular formula is C25H28BrClFNO2. The molecule has 4 fully saturated rings. The predicted octanol–water partition coefficient (Wildman–Crippen LogP) is 6.74. The largest absolute Gasteiger partial charge is 0.493 e. The molecule has 3 nitrogen and oxygen atoms in total. The minimum atomic E-state index is -0.352. The van der Waals surface area contributed by atoms with Crippen LogP contribution >= 0.6 is 27.5 Å². The molecule has 31 heavy (non-hydrogen) atoms. The van der Waals surface area contributed by atoms with Gasteiger partial charge < -0.3 is 14.8 Å². The van der Waals surface area contributed by atoms with Crippen molar-refractivity contribution >= 4 is 27.5 Å². The minimum absolute atomic E-state index is 0.247. The molecule has 4 aliphatic carbocycles. The van der Waals surface area contributed by atoms with Crippen molar-refractivity contribution in [3.63, 3.8) is 0 Å². The fourth-order valence-corrected chi connectivity index (χ4v) is 7.01. The van der Waals surface area contributed by atoms with Gasteiger partial charge in [-0.25, -0.2) is 4.39 Å². The highest BCUT2D eigenvalue weighted by Gasteiger charge is 2.47. The van der Waals surface area contributed by atoms with E-state index in [1.54, 1.807) is 13.2 Å². The van der Waals surface area contributed by atoms with Crippen LogP contribution in [0.25, 0.3) is 0 Å². The molecule has 6 heteroatoms. The fraction of sp³-hybridized carbons (Fsp3) is 0.520. The van der Waals surface area contributed by atoms with Gasteiger partial charge in [0.05, 0.1) is 12.1 Å².